The number of aliphatic hydroxyl groups excluding tert-OH is 1. The smallest absolute Gasteiger partial charge is 0.0917 e. The number of hydrogen-bond acceptors (Lipinski definition) is 2. The van der Waals surface area contributed by atoms with Gasteiger partial charge in [0.25, 0.3) is 0 Å². The predicted octanol–water partition coefficient (Wildman–Crippen LogP) is 2.57. The zero-order valence-corrected chi connectivity index (χ0v) is 10.4. The Bertz CT molecular complexity index is 411. The maximum absolute atomic E-state index is 9.84. The second-order valence-corrected chi connectivity index (χ2v) is 5.78. The summed E-state index contributed by atoms with van der Waals surface area (Å²) >= 11 is 0. The fourth-order valence-corrected chi connectivity index (χ4v) is 3.09. The van der Waals surface area contributed by atoms with Crippen LogP contribution in [-0.2, 0) is 10.2 Å². The van der Waals surface area contributed by atoms with E-state index in [0.717, 1.165) is 32.3 Å². The van der Waals surface area contributed by atoms with E-state index >= 15 is 0 Å². The van der Waals surface area contributed by atoms with Gasteiger partial charge >= 0.3 is 0 Å². The summed E-state index contributed by atoms with van der Waals surface area (Å²) in [4.78, 5) is 0. The van der Waals surface area contributed by atoms with Crippen LogP contribution in [0.5, 0.6) is 0 Å². The lowest BCUT2D eigenvalue weighted by molar-refractivity contribution is 0.112. The molecule has 1 spiro atoms. The maximum atomic E-state index is 9.84. The van der Waals surface area contributed by atoms with Crippen molar-refractivity contribution in [2.75, 3.05) is 13.2 Å². The van der Waals surface area contributed by atoms with E-state index in [-0.39, 0.29) is 17.6 Å². The van der Waals surface area contributed by atoms with Crippen molar-refractivity contribution in [3.8, 4) is 0 Å². The van der Waals surface area contributed by atoms with Crippen molar-refractivity contribution >= 4 is 0 Å². The van der Waals surface area contributed by atoms with Crippen LogP contribution in [0.25, 0.3) is 0 Å². The minimum Gasteiger partial charge on any atom is -0.395 e. The van der Waals surface area contributed by atoms with E-state index in [4.69, 9.17) is 4.74 Å². The predicted molar refractivity (Wildman–Crippen MR) is 67.1 cm³/mol. The summed E-state index contributed by atoms with van der Waals surface area (Å²) in [5.74, 6) is 0. The highest BCUT2D eigenvalue weighted by molar-refractivity contribution is 5.31. The number of epoxide rings is 1. The molecule has 2 heteroatoms. The zero-order valence-electron chi connectivity index (χ0n) is 10.4. The molecule has 2 fully saturated rings. The van der Waals surface area contributed by atoms with Crippen molar-refractivity contribution in [2.24, 2.45) is 0 Å². The van der Waals surface area contributed by atoms with E-state index in [2.05, 4.69) is 31.2 Å². The van der Waals surface area contributed by atoms with Crippen LogP contribution in [0, 0.1) is 6.92 Å². The normalized spacial score (nSPS) is 36.1. The fraction of sp³-hybridized carbons (Fsp3) is 0.600. The monoisotopic (exact) mass is 232 g/mol. The number of aliphatic hydroxyl groups is 1. The highest BCUT2D eigenvalue weighted by atomic mass is 16.6. The number of rotatable bonds is 2. The molecule has 0 bridgehead atoms. The second kappa shape index (κ2) is 3.82. The van der Waals surface area contributed by atoms with Crippen LogP contribution in [0.15, 0.2) is 24.3 Å². The molecule has 0 atom stereocenters. The van der Waals surface area contributed by atoms with Crippen molar-refractivity contribution in [3.63, 3.8) is 0 Å². The molecule has 0 unspecified atom stereocenters. The third-order valence-electron chi connectivity index (χ3n) is 4.60. The minimum atomic E-state index is -0.0246. The van der Waals surface area contributed by atoms with Crippen LogP contribution in [0.4, 0.5) is 0 Å². The molecular weight excluding hydrogens is 212 g/mol. The van der Waals surface area contributed by atoms with Crippen molar-refractivity contribution in [2.45, 2.75) is 43.6 Å². The topological polar surface area (TPSA) is 32.8 Å². The quantitative estimate of drug-likeness (QED) is 0.795. The highest BCUT2D eigenvalue weighted by Crippen LogP contribution is 2.49. The van der Waals surface area contributed by atoms with Gasteiger partial charge in [-0.2, -0.15) is 0 Å². The first-order valence-electron chi connectivity index (χ1n) is 6.50. The zero-order chi connectivity index (χ0) is 11.9. The Kier molecular flexibility index (Phi) is 2.53. The van der Waals surface area contributed by atoms with Crippen molar-refractivity contribution in [1.29, 1.82) is 0 Å². The van der Waals surface area contributed by atoms with Crippen molar-refractivity contribution in [3.05, 3.63) is 35.4 Å². The molecule has 0 aromatic heterocycles. The number of benzene rings is 1. The summed E-state index contributed by atoms with van der Waals surface area (Å²) in [5.41, 5.74) is 2.75. The fourth-order valence-electron chi connectivity index (χ4n) is 3.09. The van der Waals surface area contributed by atoms with Crippen LogP contribution in [-0.4, -0.2) is 23.9 Å². The molecule has 2 nitrogen and oxygen atoms in total. The Morgan fingerprint density at radius 3 is 2.47 bits per heavy atom. The van der Waals surface area contributed by atoms with Crippen molar-refractivity contribution in [1.82, 2.24) is 0 Å². The number of ether oxygens (including phenoxy) is 1. The van der Waals surface area contributed by atoms with E-state index < -0.39 is 0 Å². The summed E-state index contributed by atoms with van der Waals surface area (Å²) < 4.78 is 5.55. The number of hydrogen-bond donors (Lipinski definition) is 1. The molecule has 1 aliphatic heterocycles. The van der Waals surface area contributed by atoms with E-state index in [0.29, 0.717) is 0 Å². The molecule has 92 valence electrons. The first-order valence-corrected chi connectivity index (χ1v) is 6.50. The molecule has 3 rings (SSSR count). The van der Waals surface area contributed by atoms with E-state index in [1.807, 2.05) is 0 Å². The van der Waals surface area contributed by atoms with E-state index in [9.17, 15) is 5.11 Å². The lowest BCUT2D eigenvalue weighted by Gasteiger charge is -2.38. The lowest BCUT2D eigenvalue weighted by Crippen LogP contribution is -2.38. The molecule has 0 radical (unpaired) electrons. The van der Waals surface area contributed by atoms with Crippen LogP contribution in [0.2, 0.25) is 0 Å². The molecule has 1 aromatic rings. The second-order valence-electron chi connectivity index (χ2n) is 5.78. The summed E-state index contributed by atoms with van der Waals surface area (Å²) in [7, 11) is 0. The first kappa shape index (κ1) is 11.2. The van der Waals surface area contributed by atoms with Gasteiger partial charge in [-0.1, -0.05) is 29.8 Å². The molecule has 17 heavy (non-hydrogen) atoms. The average Bonchev–Trinajstić information content (AvgIpc) is 3.11. The lowest BCUT2D eigenvalue weighted by atomic mass is 9.67. The Balaban J connectivity index is 1.87. The molecule has 1 aliphatic carbocycles. The molecule has 1 aromatic carbocycles. The summed E-state index contributed by atoms with van der Waals surface area (Å²) in [6, 6.07) is 8.60. The van der Waals surface area contributed by atoms with Gasteiger partial charge in [-0.25, -0.2) is 0 Å². The van der Waals surface area contributed by atoms with Crippen LogP contribution in [0.3, 0.4) is 0 Å². The first-order chi connectivity index (χ1) is 8.18. The van der Waals surface area contributed by atoms with Gasteiger partial charge in [0.05, 0.1) is 18.8 Å². The summed E-state index contributed by atoms with van der Waals surface area (Å²) in [6.45, 7) is 3.30. The van der Waals surface area contributed by atoms with Gasteiger partial charge in [0.15, 0.2) is 0 Å². The Morgan fingerprint density at radius 1 is 1.24 bits per heavy atom. The van der Waals surface area contributed by atoms with Crippen molar-refractivity contribution < 1.29 is 9.84 Å². The average molecular weight is 232 g/mol. The van der Waals surface area contributed by atoms with Gasteiger partial charge in [0.1, 0.15) is 0 Å². The Labute approximate surface area is 103 Å². The third kappa shape index (κ3) is 1.90. The van der Waals surface area contributed by atoms with E-state index in [1.165, 1.54) is 11.1 Å². The third-order valence-corrected chi connectivity index (χ3v) is 4.60. The number of aryl methyl sites for hydroxylation is 1. The maximum Gasteiger partial charge on any atom is 0.0917 e. The van der Waals surface area contributed by atoms with Crippen LogP contribution < -0.4 is 0 Å². The van der Waals surface area contributed by atoms with Gasteiger partial charge in [0, 0.05) is 5.41 Å². The molecule has 1 heterocycles. The highest BCUT2D eigenvalue weighted by Gasteiger charge is 2.51. The van der Waals surface area contributed by atoms with Crippen LogP contribution in [0.1, 0.15) is 36.8 Å². The standard InChI is InChI=1S/C15H20O2/c1-12-3-2-4-13(9-12)14(10-16)5-7-15(8-6-14)11-17-15/h2-4,9,16H,5-8,10-11H2,1H3. The van der Waals surface area contributed by atoms with Gasteiger partial charge in [-0.05, 0) is 38.2 Å². The van der Waals surface area contributed by atoms with Gasteiger partial charge in [0.2, 0.25) is 0 Å². The molecule has 1 saturated heterocycles. The SMILES string of the molecule is Cc1cccc(C2(CO)CCC3(CC2)CO3)c1. The minimum absolute atomic E-state index is 0.0246. The molecule has 0 amide bonds. The van der Waals surface area contributed by atoms with Gasteiger partial charge < -0.3 is 9.84 Å². The summed E-state index contributed by atoms with van der Waals surface area (Å²) in [5, 5.41) is 9.84. The molecule has 1 saturated carbocycles. The van der Waals surface area contributed by atoms with Gasteiger partial charge in [-0.15, -0.1) is 0 Å². The molecular formula is C15H20O2. The van der Waals surface area contributed by atoms with Crippen LogP contribution >= 0.6 is 0 Å². The van der Waals surface area contributed by atoms with Gasteiger partial charge in [-0.3, -0.25) is 0 Å². The Morgan fingerprint density at radius 2 is 1.94 bits per heavy atom. The molecule has 2 aliphatic rings. The molecule has 1 N–H and O–H groups in total. The largest absolute Gasteiger partial charge is 0.395 e. The Hall–Kier alpha value is -0.860. The van der Waals surface area contributed by atoms with E-state index in [1.54, 1.807) is 0 Å². The summed E-state index contributed by atoms with van der Waals surface area (Å²) in [6.07, 6.45) is 4.29.